The van der Waals surface area contributed by atoms with E-state index in [0.717, 1.165) is 13.1 Å². The van der Waals surface area contributed by atoms with Crippen LogP contribution in [0, 0.1) is 0 Å². The average molecular weight is 221 g/mol. The Morgan fingerprint density at radius 2 is 1.35 bits per heavy atom. The Morgan fingerprint density at radius 3 is 2.00 bits per heavy atom. The zero-order valence-electron chi connectivity index (χ0n) is 9.69. The van der Waals surface area contributed by atoms with Gasteiger partial charge in [0, 0.05) is 13.1 Å². The van der Waals surface area contributed by atoms with Gasteiger partial charge in [-0.05, 0) is 22.3 Å². The normalized spacial score (nSPS) is 14.7. The summed E-state index contributed by atoms with van der Waals surface area (Å²) in [4.78, 5) is 0. The Morgan fingerprint density at radius 1 is 0.706 bits per heavy atom. The summed E-state index contributed by atoms with van der Waals surface area (Å²) >= 11 is 0. The van der Waals surface area contributed by atoms with E-state index in [2.05, 4.69) is 59.9 Å². The molecule has 1 heterocycles. The first-order valence-electron chi connectivity index (χ1n) is 5.99. The third kappa shape index (κ3) is 2.15. The quantitative estimate of drug-likeness (QED) is 0.820. The summed E-state index contributed by atoms with van der Waals surface area (Å²) < 4.78 is 0. The molecule has 1 heteroatoms. The fourth-order valence-corrected chi connectivity index (χ4v) is 2.20. The second kappa shape index (κ2) is 4.56. The summed E-state index contributed by atoms with van der Waals surface area (Å²) in [6, 6.07) is 19.3. The third-order valence-electron chi connectivity index (χ3n) is 3.17. The van der Waals surface area contributed by atoms with Gasteiger partial charge in [0.25, 0.3) is 0 Å². The zero-order chi connectivity index (χ0) is 11.5. The van der Waals surface area contributed by atoms with Gasteiger partial charge in [0.15, 0.2) is 0 Å². The molecule has 2 aromatic rings. The van der Waals surface area contributed by atoms with Crippen LogP contribution < -0.4 is 5.32 Å². The smallest absolute Gasteiger partial charge is 0.0211 e. The van der Waals surface area contributed by atoms with Crippen LogP contribution in [0.3, 0.4) is 0 Å². The number of rotatable bonds is 2. The average Bonchev–Trinajstić information content (AvgIpc) is 2.94. The van der Waals surface area contributed by atoms with E-state index in [1.807, 2.05) is 6.07 Å². The number of nitrogens with one attached hydrogen (secondary N) is 1. The molecule has 0 radical (unpaired) electrons. The van der Waals surface area contributed by atoms with Gasteiger partial charge < -0.3 is 5.32 Å². The molecule has 0 saturated carbocycles. The minimum Gasteiger partial charge on any atom is -0.309 e. The molecule has 3 rings (SSSR count). The second-order valence-corrected chi connectivity index (χ2v) is 4.30. The molecule has 0 amide bonds. The SMILES string of the molecule is C1=C(c2ccc(-c3ccccc3)cc2)CNC1. The largest absolute Gasteiger partial charge is 0.309 e. The van der Waals surface area contributed by atoms with Crippen LogP contribution in [-0.4, -0.2) is 13.1 Å². The van der Waals surface area contributed by atoms with Crippen LogP contribution >= 0.6 is 0 Å². The first-order valence-corrected chi connectivity index (χ1v) is 5.99. The Bertz CT molecular complexity index is 523. The maximum absolute atomic E-state index is 3.32. The molecule has 1 N–H and O–H groups in total. The molecule has 0 fully saturated rings. The van der Waals surface area contributed by atoms with Crippen molar-refractivity contribution in [1.82, 2.24) is 5.32 Å². The van der Waals surface area contributed by atoms with Crippen molar-refractivity contribution < 1.29 is 0 Å². The monoisotopic (exact) mass is 221 g/mol. The van der Waals surface area contributed by atoms with Crippen molar-refractivity contribution in [3.8, 4) is 11.1 Å². The summed E-state index contributed by atoms with van der Waals surface area (Å²) in [7, 11) is 0. The summed E-state index contributed by atoms with van der Waals surface area (Å²) in [5.41, 5.74) is 5.29. The molecule has 1 aliphatic rings. The molecule has 17 heavy (non-hydrogen) atoms. The molecule has 0 aliphatic carbocycles. The lowest BCUT2D eigenvalue weighted by Crippen LogP contribution is -2.07. The van der Waals surface area contributed by atoms with Crippen molar-refractivity contribution in [3.05, 3.63) is 66.2 Å². The molecule has 0 unspecified atom stereocenters. The lowest BCUT2D eigenvalue weighted by atomic mass is 10.0. The van der Waals surface area contributed by atoms with Crippen LogP contribution in [0.15, 0.2) is 60.7 Å². The van der Waals surface area contributed by atoms with E-state index in [0.29, 0.717) is 0 Å². The lowest BCUT2D eigenvalue weighted by molar-refractivity contribution is 0.897. The molecule has 1 nitrogen and oxygen atoms in total. The highest BCUT2D eigenvalue weighted by Crippen LogP contribution is 2.22. The van der Waals surface area contributed by atoms with E-state index in [9.17, 15) is 0 Å². The number of hydrogen-bond acceptors (Lipinski definition) is 1. The van der Waals surface area contributed by atoms with E-state index in [1.54, 1.807) is 0 Å². The standard InChI is InChI=1S/C16H15N/c1-2-4-13(5-3-1)14-6-8-15(9-7-14)16-10-11-17-12-16/h1-10,17H,11-12H2. The van der Waals surface area contributed by atoms with Crippen molar-refractivity contribution in [2.75, 3.05) is 13.1 Å². The predicted octanol–water partition coefficient (Wildman–Crippen LogP) is 3.34. The molecule has 2 aromatic carbocycles. The summed E-state index contributed by atoms with van der Waals surface area (Å²) in [6.45, 7) is 1.99. The Kier molecular flexibility index (Phi) is 2.76. The van der Waals surface area contributed by atoms with Crippen LogP contribution in [0.25, 0.3) is 16.7 Å². The van der Waals surface area contributed by atoms with E-state index in [-0.39, 0.29) is 0 Å². The van der Waals surface area contributed by atoms with Crippen LogP contribution in [0.4, 0.5) is 0 Å². The van der Waals surface area contributed by atoms with Crippen molar-refractivity contribution in [3.63, 3.8) is 0 Å². The van der Waals surface area contributed by atoms with Gasteiger partial charge in [-0.25, -0.2) is 0 Å². The fraction of sp³-hybridized carbons (Fsp3) is 0.125. The van der Waals surface area contributed by atoms with Crippen LogP contribution in [-0.2, 0) is 0 Å². The van der Waals surface area contributed by atoms with E-state index < -0.39 is 0 Å². The summed E-state index contributed by atoms with van der Waals surface area (Å²) in [6.07, 6.45) is 2.26. The molecule has 1 aliphatic heterocycles. The highest BCUT2D eigenvalue weighted by atomic mass is 14.9. The van der Waals surface area contributed by atoms with Crippen molar-refractivity contribution >= 4 is 5.57 Å². The Balaban J connectivity index is 1.90. The third-order valence-corrected chi connectivity index (χ3v) is 3.17. The lowest BCUT2D eigenvalue weighted by Gasteiger charge is -2.05. The van der Waals surface area contributed by atoms with E-state index >= 15 is 0 Å². The van der Waals surface area contributed by atoms with Crippen LogP contribution in [0.2, 0.25) is 0 Å². The molecule has 0 saturated heterocycles. The molecular weight excluding hydrogens is 206 g/mol. The van der Waals surface area contributed by atoms with Crippen molar-refractivity contribution in [2.45, 2.75) is 0 Å². The van der Waals surface area contributed by atoms with Gasteiger partial charge in [-0.1, -0.05) is 60.7 Å². The zero-order valence-corrected chi connectivity index (χ0v) is 9.69. The van der Waals surface area contributed by atoms with Gasteiger partial charge in [-0.15, -0.1) is 0 Å². The van der Waals surface area contributed by atoms with Gasteiger partial charge in [-0.3, -0.25) is 0 Å². The highest BCUT2D eigenvalue weighted by molar-refractivity contribution is 5.72. The van der Waals surface area contributed by atoms with E-state index in [1.165, 1.54) is 22.3 Å². The Labute approximate surface area is 102 Å². The highest BCUT2D eigenvalue weighted by Gasteiger charge is 2.06. The first kappa shape index (κ1) is 10.3. The topological polar surface area (TPSA) is 12.0 Å². The van der Waals surface area contributed by atoms with Gasteiger partial charge in [0.05, 0.1) is 0 Å². The predicted molar refractivity (Wildman–Crippen MR) is 72.7 cm³/mol. The maximum Gasteiger partial charge on any atom is 0.0211 e. The Hall–Kier alpha value is -1.86. The van der Waals surface area contributed by atoms with Crippen LogP contribution in [0.5, 0.6) is 0 Å². The molecule has 0 aromatic heterocycles. The van der Waals surface area contributed by atoms with Gasteiger partial charge in [0.2, 0.25) is 0 Å². The summed E-state index contributed by atoms with van der Waals surface area (Å²) in [5.74, 6) is 0. The maximum atomic E-state index is 3.32. The number of benzene rings is 2. The molecule has 0 spiro atoms. The van der Waals surface area contributed by atoms with Crippen molar-refractivity contribution in [1.29, 1.82) is 0 Å². The minimum absolute atomic E-state index is 0.991. The van der Waals surface area contributed by atoms with Gasteiger partial charge in [0.1, 0.15) is 0 Å². The van der Waals surface area contributed by atoms with Gasteiger partial charge in [-0.2, -0.15) is 0 Å². The molecule has 0 atom stereocenters. The van der Waals surface area contributed by atoms with Crippen molar-refractivity contribution in [2.24, 2.45) is 0 Å². The van der Waals surface area contributed by atoms with Crippen LogP contribution in [0.1, 0.15) is 5.56 Å². The minimum atomic E-state index is 0.991. The molecule has 84 valence electrons. The van der Waals surface area contributed by atoms with Gasteiger partial charge >= 0.3 is 0 Å². The fourth-order valence-electron chi connectivity index (χ4n) is 2.20. The second-order valence-electron chi connectivity index (χ2n) is 4.30. The molecular formula is C16H15N. The number of hydrogen-bond donors (Lipinski definition) is 1. The first-order chi connectivity index (χ1) is 8.43. The molecule has 0 bridgehead atoms. The summed E-state index contributed by atoms with van der Waals surface area (Å²) in [5, 5.41) is 3.32. The van der Waals surface area contributed by atoms with E-state index in [4.69, 9.17) is 0 Å².